The van der Waals surface area contributed by atoms with E-state index in [1.165, 1.54) is 4.88 Å². The van der Waals surface area contributed by atoms with E-state index >= 15 is 0 Å². The van der Waals surface area contributed by atoms with Crippen LogP contribution in [0.2, 0.25) is 5.02 Å². The van der Waals surface area contributed by atoms with Crippen LogP contribution in [0.5, 0.6) is 0 Å². The normalized spacial score (nSPS) is 15.2. The fourth-order valence-corrected chi connectivity index (χ4v) is 3.03. The van der Waals surface area contributed by atoms with Crippen molar-refractivity contribution in [3.8, 4) is 0 Å². The zero-order chi connectivity index (χ0) is 11.3. The Morgan fingerprint density at radius 1 is 1.67 bits per heavy atom. The number of thiophene rings is 1. The molecule has 0 aliphatic rings. The molecular formula is C10H16ClNOS2. The number of nitrogens with one attached hydrogen (secondary N) is 1. The van der Waals surface area contributed by atoms with Gasteiger partial charge in [-0.05, 0) is 19.2 Å². The van der Waals surface area contributed by atoms with Crippen molar-refractivity contribution in [3.05, 3.63) is 21.3 Å². The molecule has 0 spiro atoms. The predicted octanol–water partition coefficient (Wildman–Crippen LogP) is 2.61. The zero-order valence-corrected chi connectivity index (χ0v) is 11.3. The van der Waals surface area contributed by atoms with Gasteiger partial charge in [-0.25, -0.2) is 0 Å². The van der Waals surface area contributed by atoms with Crippen molar-refractivity contribution in [1.29, 1.82) is 0 Å². The summed E-state index contributed by atoms with van der Waals surface area (Å²) in [5, 5.41) is 15.8. The molecule has 2 N–H and O–H groups in total. The highest BCUT2D eigenvalue weighted by molar-refractivity contribution is 7.98. The zero-order valence-electron chi connectivity index (χ0n) is 8.92. The number of aliphatic hydroxyl groups is 1. The topological polar surface area (TPSA) is 32.3 Å². The number of rotatable bonds is 6. The molecule has 15 heavy (non-hydrogen) atoms. The summed E-state index contributed by atoms with van der Waals surface area (Å²) in [7, 11) is 0. The lowest BCUT2D eigenvalue weighted by molar-refractivity contribution is 0.0846. The van der Waals surface area contributed by atoms with Crippen molar-refractivity contribution >= 4 is 34.7 Å². The minimum Gasteiger partial charge on any atom is -0.388 e. The van der Waals surface area contributed by atoms with Gasteiger partial charge in [0.1, 0.15) is 0 Å². The summed E-state index contributed by atoms with van der Waals surface area (Å²) in [5.74, 6) is 0.741. The van der Waals surface area contributed by atoms with Crippen molar-refractivity contribution in [2.45, 2.75) is 19.1 Å². The Bertz CT molecular complexity index is 301. The van der Waals surface area contributed by atoms with E-state index in [-0.39, 0.29) is 0 Å². The molecule has 0 radical (unpaired) electrons. The van der Waals surface area contributed by atoms with Crippen LogP contribution < -0.4 is 5.32 Å². The Hall–Kier alpha value is 0.260. The Balaban J connectivity index is 2.27. The van der Waals surface area contributed by atoms with Crippen LogP contribution in [0.1, 0.15) is 11.8 Å². The summed E-state index contributed by atoms with van der Waals surface area (Å²) in [5.41, 5.74) is -0.638. The molecule has 1 unspecified atom stereocenters. The first-order valence-corrected chi connectivity index (χ1v) is 7.33. The minimum atomic E-state index is -0.638. The van der Waals surface area contributed by atoms with Gasteiger partial charge in [-0.1, -0.05) is 11.6 Å². The maximum absolute atomic E-state index is 9.89. The highest BCUT2D eigenvalue weighted by atomic mass is 35.5. The molecule has 0 saturated carbocycles. The molecule has 1 atom stereocenters. The Morgan fingerprint density at radius 2 is 2.40 bits per heavy atom. The average molecular weight is 266 g/mol. The van der Waals surface area contributed by atoms with E-state index in [2.05, 4.69) is 5.32 Å². The maximum Gasteiger partial charge on any atom is 0.0833 e. The third kappa shape index (κ3) is 5.22. The van der Waals surface area contributed by atoms with Gasteiger partial charge in [0.05, 0.1) is 10.6 Å². The van der Waals surface area contributed by atoms with E-state index in [1.807, 2.05) is 24.6 Å². The highest BCUT2D eigenvalue weighted by Crippen LogP contribution is 2.19. The van der Waals surface area contributed by atoms with Gasteiger partial charge in [0.25, 0.3) is 0 Å². The number of hydrogen-bond donors (Lipinski definition) is 2. The molecule has 86 valence electrons. The third-order valence-electron chi connectivity index (χ3n) is 1.88. The van der Waals surface area contributed by atoms with E-state index in [4.69, 9.17) is 11.6 Å². The first-order chi connectivity index (χ1) is 7.03. The first-order valence-electron chi connectivity index (χ1n) is 4.68. The van der Waals surface area contributed by atoms with Gasteiger partial charge in [0.2, 0.25) is 0 Å². The molecule has 0 fully saturated rings. The molecule has 0 aliphatic heterocycles. The molecule has 1 heterocycles. The number of thioether (sulfide) groups is 1. The first kappa shape index (κ1) is 13.3. The quantitative estimate of drug-likeness (QED) is 0.829. The van der Waals surface area contributed by atoms with Crippen LogP contribution in [0.3, 0.4) is 0 Å². The summed E-state index contributed by atoms with van der Waals surface area (Å²) in [6.07, 6.45) is 1.99. The van der Waals surface area contributed by atoms with E-state index < -0.39 is 5.60 Å². The van der Waals surface area contributed by atoms with Gasteiger partial charge < -0.3 is 10.4 Å². The smallest absolute Gasteiger partial charge is 0.0833 e. The van der Waals surface area contributed by atoms with E-state index in [1.54, 1.807) is 23.1 Å². The Kier molecular flexibility index (Phi) is 5.43. The summed E-state index contributed by atoms with van der Waals surface area (Å²) in [4.78, 5) is 1.19. The molecule has 1 rings (SSSR count). The van der Waals surface area contributed by atoms with Crippen molar-refractivity contribution < 1.29 is 5.11 Å². The molecule has 0 amide bonds. The standard InChI is InChI=1S/C10H16ClNOS2/c1-10(13,7-14-2)6-12-4-9-3-8(11)5-15-9/h3,5,12-13H,4,6-7H2,1-2H3. The van der Waals surface area contributed by atoms with Gasteiger partial charge in [-0.3, -0.25) is 0 Å². The Labute approximate surface area is 104 Å². The van der Waals surface area contributed by atoms with Crippen molar-refractivity contribution in [1.82, 2.24) is 5.32 Å². The minimum absolute atomic E-state index is 0.601. The van der Waals surface area contributed by atoms with E-state index in [9.17, 15) is 5.11 Å². The van der Waals surface area contributed by atoms with Gasteiger partial charge in [-0.2, -0.15) is 11.8 Å². The lowest BCUT2D eigenvalue weighted by Crippen LogP contribution is -2.39. The fraction of sp³-hybridized carbons (Fsp3) is 0.600. The molecule has 1 aromatic heterocycles. The Morgan fingerprint density at radius 3 is 2.93 bits per heavy atom. The molecule has 2 nitrogen and oxygen atoms in total. The average Bonchev–Trinajstić information content (AvgIpc) is 2.51. The van der Waals surface area contributed by atoms with Gasteiger partial charge in [0, 0.05) is 29.1 Å². The monoisotopic (exact) mass is 265 g/mol. The fourth-order valence-electron chi connectivity index (χ4n) is 1.26. The SMILES string of the molecule is CSCC(C)(O)CNCc1cc(Cl)cs1. The van der Waals surface area contributed by atoms with Crippen LogP contribution in [0.4, 0.5) is 0 Å². The number of hydrogen-bond acceptors (Lipinski definition) is 4. The van der Waals surface area contributed by atoms with Gasteiger partial charge >= 0.3 is 0 Å². The third-order valence-corrected chi connectivity index (χ3v) is 4.08. The molecule has 1 aromatic rings. The van der Waals surface area contributed by atoms with Crippen LogP contribution in [-0.2, 0) is 6.54 Å². The lowest BCUT2D eigenvalue weighted by Gasteiger charge is -2.22. The van der Waals surface area contributed by atoms with Gasteiger partial charge in [-0.15, -0.1) is 11.3 Å². The van der Waals surface area contributed by atoms with Crippen LogP contribution >= 0.6 is 34.7 Å². The van der Waals surface area contributed by atoms with E-state index in [0.29, 0.717) is 6.54 Å². The second-order valence-corrected chi connectivity index (χ2v) is 6.06. The molecule has 0 saturated heterocycles. The van der Waals surface area contributed by atoms with E-state index in [0.717, 1.165) is 17.3 Å². The molecule has 5 heteroatoms. The molecule has 0 aromatic carbocycles. The van der Waals surface area contributed by atoms with Crippen LogP contribution in [-0.4, -0.2) is 29.3 Å². The van der Waals surface area contributed by atoms with Crippen molar-refractivity contribution in [3.63, 3.8) is 0 Å². The van der Waals surface area contributed by atoms with Crippen molar-refractivity contribution in [2.24, 2.45) is 0 Å². The van der Waals surface area contributed by atoms with Crippen molar-refractivity contribution in [2.75, 3.05) is 18.6 Å². The molecule has 0 bridgehead atoms. The highest BCUT2D eigenvalue weighted by Gasteiger charge is 2.18. The summed E-state index contributed by atoms with van der Waals surface area (Å²) in [6.45, 7) is 3.21. The van der Waals surface area contributed by atoms with Crippen LogP contribution in [0.25, 0.3) is 0 Å². The van der Waals surface area contributed by atoms with Gasteiger partial charge in [0.15, 0.2) is 0 Å². The summed E-state index contributed by atoms with van der Waals surface area (Å²) in [6, 6.07) is 1.95. The lowest BCUT2D eigenvalue weighted by atomic mass is 10.1. The second kappa shape index (κ2) is 6.11. The van der Waals surface area contributed by atoms with Crippen LogP contribution in [0.15, 0.2) is 11.4 Å². The van der Waals surface area contributed by atoms with Crippen LogP contribution in [0, 0.1) is 0 Å². The largest absolute Gasteiger partial charge is 0.388 e. The summed E-state index contributed by atoms with van der Waals surface area (Å²) >= 11 is 9.09. The maximum atomic E-state index is 9.89. The number of halogens is 1. The molecular weight excluding hydrogens is 250 g/mol. The molecule has 0 aliphatic carbocycles. The summed E-state index contributed by atoms with van der Waals surface area (Å²) < 4.78 is 0. The second-order valence-electron chi connectivity index (χ2n) is 3.76. The predicted molar refractivity (Wildman–Crippen MR) is 70.0 cm³/mol.